The molecule has 1 heterocycles. The second-order valence-electron chi connectivity index (χ2n) is 9.64. The molecule has 3 aromatic carbocycles. The van der Waals surface area contributed by atoms with E-state index in [4.69, 9.17) is 0 Å². The molecule has 37 heavy (non-hydrogen) atoms. The van der Waals surface area contributed by atoms with E-state index in [9.17, 15) is 22.4 Å². The lowest BCUT2D eigenvalue weighted by Crippen LogP contribution is -2.38. The van der Waals surface area contributed by atoms with Gasteiger partial charge < -0.3 is 10.2 Å². The third-order valence-corrected chi connectivity index (χ3v) is 7.92. The Bertz CT molecular complexity index is 1380. The molecule has 194 valence electrons. The minimum atomic E-state index is -3.54. The summed E-state index contributed by atoms with van der Waals surface area (Å²) in [6.07, 6.45) is 3.54. The van der Waals surface area contributed by atoms with Gasteiger partial charge in [0.2, 0.25) is 5.91 Å². The average molecular weight is 523 g/mol. The molecule has 0 unspecified atom stereocenters. The van der Waals surface area contributed by atoms with Crippen LogP contribution in [0.15, 0.2) is 71.6 Å². The van der Waals surface area contributed by atoms with Gasteiger partial charge in [0.05, 0.1) is 10.5 Å². The topological polar surface area (TPSA) is 83.6 Å². The number of hydrogen-bond acceptors (Lipinski definition) is 4. The van der Waals surface area contributed by atoms with Gasteiger partial charge in [-0.05, 0) is 73.6 Å². The van der Waals surface area contributed by atoms with Gasteiger partial charge >= 0.3 is 0 Å². The molecular formula is C29H31FN2O4S. The molecule has 1 aliphatic rings. The number of amides is 2. The van der Waals surface area contributed by atoms with Crippen LogP contribution in [0.5, 0.6) is 0 Å². The number of nitrogens with one attached hydrogen (secondary N) is 1. The van der Waals surface area contributed by atoms with Crippen molar-refractivity contribution in [2.45, 2.75) is 43.4 Å². The first-order chi connectivity index (χ1) is 17.6. The highest BCUT2D eigenvalue weighted by molar-refractivity contribution is 7.90. The Morgan fingerprint density at radius 2 is 1.62 bits per heavy atom. The highest BCUT2D eigenvalue weighted by Crippen LogP contribution is 2.30. The van der Waals surface area contributed by atoms with Crippen LogP contribution in [0.2, 0.25) is 0 Å². The van der Waals surface area contributed by atoms with Crippen LogP contribution < -0.4 is 5.32 Å². The maximum atomic E-state index is 14.3. The molecule has 0 atom stereocenters. The van der Waals surface area contributed by atoms with Gasteiger partial charge in [-0.15, -0.1) is 0 Å². The summed E-state index contributed by atoms with van der Waals surface area (Å²) in [7, 11) is -3.54. The van der Waals surface area contributed by atoms with Crippen LogP contribution in [0.25, 0.3) is 0 Å². The second kappa shape index (κ2) is 11.3. The first kappa shape index (κ1) is 26.5. The van der Waals surface area contributed by atoms with Crippen molar-refractivity contribution in [3.63, 3.8) is 0 Å². The largest absolute Gasteiger partial charge is 0.339 e. The molecule has 0 radical (unpaired) electrons. The number of halogens is 1. The fourth-order valence-electron chi connectivity index (χ4n) is 4.56. The lowest BCUT2D eigenvalue weighted by atomic mass is 9.89. The minimum Gasteiger partial charge on any atom is -0.339 e. The SMILES string of the molecule is Cc1ccc(CCC(=O)Nc2ccc(C3CCN(C(=O)c4cc(S(C)(=O)=O)ccc4F)CC3)cc2)cc1. The Kier molecular flexibility index (Phi) is 8.07. The van der Waals surface area contributed by atoms with Crippen molar-refractivity contribution in [2.24, 2.45) is 0 Å². The number of carbonyl (C=O) groups is 2. The monoisotopic (exact) mass is 522 g/mol. The van der Waals surface area contributed by atoms with Gasteiger partial charge in [0.15, 0.2) is 9.84 Å². The molecule has 0 spiro atoms. The van der Waals surface area contributed by atoms with Crippen LogP contribution in [0.1, 0.15) is 52.2 Å². The molecular weight excluding hydrogens is 491 g/mol. The second-order valence-corrected chi connectivity index (χ2v) is 11.7. The Balaban J connectivity index is 1.30. The minimum absolute atomic E-state index is 0.0349. The van der Waals surface area contributed by atoms with Gasteiger partial charge in [-0.2, -0.15) is 0 Å². The van der Waals surface area contributed by atoms with Crippen molar-refractivity contribution in [3.05, 3.63) is 94.8 Å². The quantitative estimate of drug-likeness (QED) is 0.436. The molecule has 1 fully saturated rings. The summed E-state index contributed by atoms with van der Waals surface area (Å²) in [5.74, 6) is -1.02. The molecule has 1 saturated heterocycles. The predicted octanol–water partition coefficient (Wildman–Crippen LogP) is 5.13. The van der Waals surface area contributed by atoms with Crippen LogP contribution >= 0.6 is 0 Å². The summed E-state index contributed by atoms with van der Waals surface area (Å²) >= 11 is 0. The van der Waals surface area contributed by atoms with Crippen molar-refractivity contribution in [1.82, 2.24) is 4.90 Å². The lowest BCUT2D eigenvalue weighted by Gasteiger charge is -2.32. The fraction of sp³-hybridized carbons (Fsp3) is 0.310. The number of nitrogens with zero attached hydrogens (tertiary/aromatic N) is 1. The van der Waals surface area contributed by atoms with E-state index in [0.29, 0.717) is 38.8 Å². The molecule has 2 amide bonds. The van der Waals surface area contributed by atoms with Gasteiger partial charge in [-0.3, -0.25) is 9.59 Å². The van der Waals surface area contributed by atoms with Gasteiger partial charge in [0.1, 0.15) is 5.82 Å². The van der Waals surface area contributed by atoms with Crippen LogP contribution in [-0.2, 0) is 21.1 Å². The summed E-state index contributed by atoms with van der Waals surface area (Å²) in [6, 6.07) is 19.3. The van der Waals surface area contributed by atoms with Crippen LogP contribution in [0.3, 0.4) is 0 Å². The molecule has 8 heteroatoms. The van der Waals surface area contributed by atoms with E-state index in [1.165, 1.54) is 11.6 Å². The standard InChI is InChI=1S/C29H31FN2O4S/c1-20-3-5-21(6-4-20)7-14-28(33)31-24-10-8-22(9-11-24)23-15-17-32(18-16-23)29(34)26-19-25(37(2,35)36)12-13-27(26)30/h3-6,8-13,19,23H,7,14-18H2,1-2H3,(H,31,33). The van der Waals surface area contributed by atoms with Crippen molar-refractivity contribution >= 4 is 27.3 Å². The van der Waals surface area contributed by atoms with E-state index in [-0.39, 0.29) is 22.3 Å². The Morgan fingerprint density at radius 3 is 2.24 bits per heavy atom. The van der Waals surface area contributed by atoms with Crippen molar-refractivity contribution in [1.29, 1.82) is 0 Å². The number of likely N-dealkylation sites (tertiary alicyclic amines) is 1. The van der Waals surface area contributed by atoms with Crippen LogP contribution in [0, 0.1) is 12.7 Å². The normalized spacial score (nSPS) is 14.4. The zero-order chi connectivity index (χ0) is 26.6. The van der Waals surface area contributed by atoms with E-state index in [0.717, 1.165) is 35.2 Å². The zero-order valence-corrected chi connectivity index (χ0v) is 21.9. The van der Waals surface area contributed by atoms with E-state index in [1.54, 1.807) is 4.90 Å². The Hall–Kier alpha value is -3.52. The van der Waals surface area contributed by atoms with Crippen molar-refractivity contribution in [2.75, 3.05) is 24.7 Å². The predicted molar refractivity (Wildman–Crippen MR) is 142 cm³/mol. The highest BCUT2D eigenvalue weighted by Gasteiger charge is 2.27. The number of anilines is 1. The number of rotatable bonds is 7. The first-order valence-corrected chi connectivity index (χ1v) is 14.2. The number of carbonyl (C=O) groups excluding carboxylic acids is 2. The van der Waals surface area contributed by atoms with E-state index in [1.807, 2.05) is 55.5 Å². The summed E-state index contributed by atoms with van der Waals surface area (Å²) in [5, 5.41) is 2.94. The van der Waals surface area contributed by atoms with Crippen LogP contribution in [0.4, 0.5) is 10.1 Å². The molecule has 0 aliphatic carbocycles. The van der Waals surface area contributed by atoms with Gasteiger partial charge in [-0.1, -0.05) is 42.0 Å². The molecule has 3 aromatic rings. The average Bonchev–Trinajstić information content (AvgIpc) is 2.88. The lowest BCUT2D eigenvalue weighted by molar-refractivity contribution is -0.116. The summed E-state index contributed by atoms with van der Waals surface area (Å²) < 4.78 is 37.9. The van der Waals surface area contributed by atoms with Gasteiger partial charge in [0.25, 0.3) is 5.91 Å². The van der Waals surface area contributed by atoms with Crippen LogP contribution in [-0.4, -0.2) is 44.5 Å². The Morgan fingerprint density at radius 1 is 0.973 bits per heavy atom. The molecule has 0 saturated carbocycles. The smallest absolute Gasteiger partial charge is 0.256 e. The number of aryl methyl sites for hydroxylation is 2. The fourth-order valence-corrected chi connectivity index (χ4v) is 5.21. The number of hydrogen-bond donors (Lipinski definition) is 1. The maximum Gasteiger partial charge on any atom is 0.256 e. The van der Waals surface area contributed by atoms with E-state index in [2.05, 4.69) is 5.32 Å². The molecule has 0 bridgehead atoms. The number of benzene rings is 3. The van der Waals surface area contributed by atoms with E-state index >= 15 is 0 Å². The zero-order valence-electron chi connectivity index (χ0n) is 21.0. The highest BCUT2D eigenvalue weighted by atomic mass is 32.2. The van der Waals surface area contributed by atoms with Gasteiger partial charge in [0, 0.05) is 31.5 Å². The van der Waals surface area contributed by atoms with E-state index < -0.39 is 21.6 Å². The molecule has 4 rings (SSSR count). The molecule has 1 aliphatic heterocycles. The molecule has 1 N–H and O–H groups in total. The summed E-state index contributed by atoms with van der Waals surface area (Å²) in [4.78, 5) is 26.7. The summed E-state index contributed by atoms with van der Waals surface area (Å²) in [5.41, 5.74) is 3.97. The van der Waals surface area contributed by atoms with Gasteiger partial charge in [-0.25, -0.2) is 12.8 Å². The number of piperidine rings is 1. The first-order valence-electron chi connectivity index (χ1n) is 12.3. The molecule has 0 aromatic heterocycles. The molecule has 6 nitrogen and oxygen atoms in total. The van der Waals surface area contributed by atoms with Crippen molar-refractivity contribution in [3.8, 4) is 0 Å². The third kappa shape index (κ3) is 6.83. The number of sulfone groups is 1. The Labute approximate surface area is 217 Å². The maximum absolute atomic E-state index is 14.3. The summed E-state index contributed by atoms with van der Waals surface area (Å²) in [6.45, 7) is 2.93. The third-order valence-electron chi connectivity index (χ3n) is 6.81. The van der Waals surface area contributed by atoms with Crippen molar-refractivity contribution < 1.29 is 22.4 Å².